The molecule has 1 atom stereocenters. The third-order valence-electron chi connectivity index (χ3n) is 5.50. The third-order valence-corrected chi connectivity index (χ3v) is 5.50. The van der Waals surface area contributed by atoms with E-state index < -0.39 is 12.0 Å². The van der Waals surface area contributed by atoms with Gasteiger partial charge in [-0.2, -0.15) is 0 Å². The average molecular weight is 415 g/mol. The highest BCUT2D eigenvalue weighted by Gasteiger charge is 2.23. The number of aromatic nitrogens is 1. The molecular formula is C22H30N4O4. The Morgan fingerprint density at radius 2 is 1.93 bits per heavy atom. The number of fused-ring (bicyclic) bond motifs is 1. The molecule has 0 saturated heterocycles. The first-order chi connectivity index (χ1) is 14.6. The highest BCUT2D eigenvalue weighted by atomic mass is 16.5. The molecule has 1 aliphatic carbocycles. The van der Waals surface area contributed by atoms with Crippen LogP contribution < -0.4 is 16.0 Å². The fourth-order valence-corrected chi connectivity index (χ4v) is 3.90. The van der Waals surface area contributed by atoms with Crippen LogP contribution in [-0.2, 0) is 20.7 Å². The minimum absolute atomic E-state index is 0.0828. The molecule has 8 nitrogen and oxygen atoms in total. The van der Waals surface area contributed by atoms with Gasteiger partial charge in [0.25, 0.3) is 0 Å². The van der Waals surface area contributed by atoms with Gasteiger partial charge in [-0.3, -0.25) is 4.79 Å². The molecule has 1 aliphatic rings. The second-order valence-corrected chi connectivity index (χ2v) is 7.69. The zero-order chi connectivity index (χ0) is 21.3. The van der Waals surface area contributed by atoms with E-state index in [-0.39, 0.29) is 30.9 Å². The van der Waals surface area contributed by atoms with Crippen LogP contribution in [0.3, 0.4) is 0 Å². The molecule has 30 heavy (non-hydrogen) atoms. The van der Waals surface area contributed by atoms with Crippen molar-refractivity contribution in [3.05, 3.63) is 36.0 Å². The molecule has 0 aliphatic heterocycles. The predicted molar refractivity (Wildman–Crippen MR) is 114 cm³/mol. The van der Waals surface area contributed by atoms with Gasteiger partial charge in [-0.25, -0.2) is 9.59 Å². The number of benzene rings is 1. The van der Waals surface area contributed by atoms with Crippen LogP contribution in [0.4, 0.5) is 4.79 Å². The van der Waals surface area contributed by atoms with E-state index in [1.807, 2.05) is 30.5 Å². The second-order valence-electron chi connectivity index (χ2n) is 7.69. The fraction of sp³-hybridized carbons (Fsp3) is 0.500. The highest BCUT2D eigenvalue weighted by Crippen LogP contribution is 2.19. The number of para-hydroxylation sites is 1. The molecule has 8 heteroatoms. The van der Waals surface area contributed by atoms with E-state index in [1.165, 1.54) is 13.5 Å². The number of ether oxygens (including phenoxy) is 1. The molecule has 1 aromatic carbocycles. The normalized spacial score (nSPS) is 15.4. The van der Waals surface area contributed by atoms with Gasteiger partial charge >= 0.3 is 12.0 Å². The molecule has 0 radical (unpaired) electrons. The van der Waals surface area contributed by atoms with Crippen molar-refractivity contribution in [1.82, 2.24) is 20.9 Å². The monoisotopic (exact) mass is 414 g/mol. The van der Waals surface area contributed by atoms with Crippen molar-refractivity contribution in [2.75, 3.05) is 13.7 Å². The Morgan fingerprint density at radius 1 is 1.17 bits per heavy atom. The van der Waals surface area contributed by atoms with Crippen LogP contribution >= 0.6 is 0 Å². The summed E-state index contributed by atoms with van der Waals surface area (Å²) in [5, 5.41) is 9.39. The maximum Gasteiger partial charge on any atom is 0.328 e. The molecule has 4 N–H and O–H groups in total. The lowest BCUT2D eigenvalue weighted by molar-refractivity contribution is -0.145. The van der Waals surface area contributed by atoms with Crippen LogP contribution in [0, 0.1) is 0 Å². The number of hydrogen-bond acceptors (Lipinski definition) is 4. The summed E-state index contributed by atoms with van der Waals surface area (Å²) in [4.78, 5) is 39.7. The summed E-state index contributed by atoms with van der Waals surface area (Å²) >= 11 is 0. The van der Waals surface area contributed by atoms with E-state index in [2.05, 4.69) is 20.9 Å². The maximum absolute atomic E-state index is 12.3. The molecular weight excluding hydrogens is 384 g/mol. The SMILES string of the molecule is COC(=O)C(Cc1c[nH]c2ccccc12)NC(=O)CCNC(=O)NC1CCCCC1. The topological polar surface area (TPSA) is 112 Å². The molecule has 1 unspecified atom stereocenters. The van der Waals surface area contributed by atoms with Crippen molar-refractivity contribution < 1.29 is 19.1 Å². The summed E-state index contributed by atoms with van der Waals surface area (Å²) in [6.45, 7) is 0.200. The summed E-state index contributed by atoms with van der Waals surface area (Å²) in [6, 6.07) is 6.94. The molecule has 1 fully saturated rings. The Kier molecular flexibility index (Phi) is 7.70. The quantitative estimate of drug-likeness (QED) is 0.497. The molecule has 1 heterocycles. The summed E-state index contributed by atoms with van der Waals surface area (Å²) in [5.74, 6) is -0.820. The van der Waals surface area contributed by atoms with Crippen molar-refractivity contribution in [3.63, 3.8) is 0 Å². The Labute approximate surface area is 176 Å². The predicted octanol–water partition coefficient (Wildman–Crippen LogP) is 2.39. The highest BCUT2D eigenvalue weighted by molar-refractivity contribution is 5.87. The molecule has 3 rings (SSSR count). The number of methoxy groups -OCH3 is 1. The summed E-state index contributed by atoms with van der Waals surface area (Å²) in [5.41, 5.74) is 1.89. The molecule has 1 aromatic heterocycles. The van der Waals surface area contributed by atoms with Gasteiger partial charge in [0.1, 0.15) is 6.04 Å². The van der Waals surface area contributed by atoms with Crippen LogP contribution in [0.2, 0.25) is 0 Å². The van der Waals surface area contributed by atoms with E-state index in [4.69, 9.17) is 4.74 Å². The number of rotatable bonds is 8. The van der Waals surface area contributed by atoms with E-state index in [1.54, 1.807) is 0 Å². The number of nitrogens with one attached hydrogen (secondary N) is 4. The summed E-state index contributed by atoms with van der Waals surface area (Å²) in [7, 11) is 1.30. The van der Waals surface area contributed by atoms with Gasteiger partial charge in [-0.05, 0) is 24.5 Å². The minimum atomic E-state index is -0.794. The van der Waals surface area contributed by atoms with Crippen LogP contribution in [0.15, 0.2) is 30.5 Å². The van der Waals surface area contributed by atoms with E-state index in [9.17, 15) is 14.4 Å². The van der Waals surface area contributed by atoms with Gasteiger partial charge in [0.05, 0.1) is 7.11 Å². The lowest BCUT2D eigenvalue weighted by Gasteiger charge is -2.22. The Hall–Kier alpha value is -3.03. The largest absolute Gasteiger partial charge is 0.467 e. The summed E-state index contributed by atoms with van der Waals surface area (Å²) < 4.78 is 4.86. The fourth-order valence-electron chi connectivity index (χ4n) is 3.90. The number of H-pyrrole nitrogens is 1. The lowest BCUT2D eigenvalue weighted by atomic mass is 9.96. The first kappa shape index (κ1) is 21.7. The van der Waals surface area contributed by atoms with Crippen LogP contribution in [0.1, 0.15) is 44.1 Å². The minimum Gasteiger partial charge on any atom is -0.467 e. The number of esters is 1. The van der Waals surface area contributed by atoms with E-state index in [0.717, 1.165) is 42.1 Å². The van der Waals surface area contributed by atoms with Crippen molar-refractivity contribution in [3.8, 4) is 0 Å². The first-order valence-corrected chi connectivity index (χ1v) is 10.5. The molecule has 1 saturated carbocycles. The van der Waals surface area contributed by atoms with E-state index >= 15 is 0 Å². The zero-order valence-electron chi connectivity index (χ0n) is 17.3. The molecule has 2 aromatic rings. The summed E-state index contributed by atoms with van der Waals surface area (Å²) in [6.07, 6.45) is 7.74. The molecule has 162 valence electrons. The standard InChI is InChI=1S/C22H30N4O4/c1-30-21(28)19(13-15-14-24-18-10-6-5-9-17(15)18)26-20(27)11-12-23-22(29)25-16-7-3-2-4-8-16/h5-6,9-10,14,16,19,24H,2-4,7-8,11-13H2,1H3,(H,26,27)(H2,23,25,29). The van der Waals surface area contributed by atoms with Crippen molar-refractivity contribution in [2.24, 2.45) is 0 Å². The van der Waals surface area contributed by atoms with Crippen molar-refractivity contribution in [2.45, 2.75) is 57.0 Å². The van der Waals surface area contributed by atoms with Gasteiger partial charge in [-0.15, -0.1) is 0 Å². The van der Waals surface area contributed by atoms with Gasteiger partial charge in [0.2, 0.25) is 5.91 Å². The van der Waals surface area contributed by atoms with Crippen LogP contribution in [0.25, 0.3) is 10.9 Å². The number of aromatic amines is 1. The van der Waals surface area contributed by atoms with Crippen molar-refractivity contribution in [1.29, 1.82) is 0 Å². The lowest BCUT2D eigenvalue weighted by Crippen LogP contribution is -2.46. The Balaban J connectivity index is 1.47. The van der Waals surface area contributed by atoms with Gasteiger partial charge in [0, 0.05) is 42.5 Å². The number of carbonyl (C=O) groups excluding carboxylic acids is 3. The van der Waals surface area contributed by atoms with Crippen LogP contribution in [0.5, 0.6) is 0 Å². The van der Waals surface area contributed by atoms with Crippen molar-refractivity contribution >= 4 is 28.8 Å². The van der Waals surface area contributed by atoms with Gasteiger partial charge in [0.15, 0.2) is 0 Å². The number of urea groups is 1. The Bertz CT molecular complexity index is 873. The van der Waals surface area contributed by atoms with Crippen LogP contribution in [-0.4, -0.2) is 48.6 Å². The second kappa shape index (κ2) is 10.7. The van der Waals surface area contributed by atoms with Gasteiger partial charge < -0.3 is 25.7 Å². The number of hydrogen-bond donors (Lipinski definition) is 4. The smallest absolute Gasteiger partial charge is 0.328 e. The molecule has 0 spiro atoms. The maximum atomic E-state index is 12.3. The number of amides is 3. The number of carbonyl (C=O) groups is 3. The average Bonchev–Trinajstić information content (AvgIpc) is 3.16. The molecule has 3 amide bonds. The van der Waals surface area contributed by atoms with Gasteiger partial charge in [-0.1, -0.05) is 37.5 Å². The third kappa shape index (κ3) is 5.98. The molecule has 0 bridgehead atoms. The Morgan fingerprint density at radius 3 is 2.70 bits per heavy atom. The first-order valence-electron chi connectivity index (χ1n) is 10.5. The zero-order valence-corrected chi connectivity index (χ0v) is 17.3. The van der Waals surface area contributed by atoms with E-state index in [0.29, 0.717) is 6.42 Å².